The first kappa shape index (κ1) is 16.6. The number of carbonyl (C=O) groups is 2. The predicted octanol–water partition coefficient (Wildman–Crippen LogP) is 3.71. The lowest BCUT2D eigenvalue weighted by molar-refractivity contribution is -0.177. The van der Waals surface area contributed by atoms with Crippen LogP contribution in [0, 0.1) is 34.5 Å². The molecule has 0 spiro atoms. The zero-order valence-corrected chi connectivity index (χ0v) is 15.1. The molecule has 5 rings (SSSR count). The van der Waals surface area contributed by atoms with Gasteiger partial charge in [0, 0.05) is 0 Å². The predicted molar refractivity (Wildman–Crippen MR) is 93.8 cm³/mol. The van der Waals surface area contributed by atoms with Crippen LogP contribution in [0.2, 0.25) is 0 Å². The Kier molecular flexibility index (Phi) is 4.07. The lowest BCUT2D eigenvalue weighted by Gasteiger charge is -2.55. The molecule has 4 bridgehead atoms. The minimum atomic E-state index is -0.853. The van der Waals surface area contributed by atoms with Crippen LogP contribution in [-0.4, -0.2) is 18.0 Å². The van der Waals surface area contributed by atoms with Gasteiger partial charge in [0.2, 0.25) is 0 Å². The van der Waals surface area contributed by atoms with E-state index in [0.717, 1.165) is 19.3 Å². The van der Waals surface area contributed by atoms with Gasteiger partial charge >= 0.3 is 5.97 Å². The first-order valence-corrected chi connectivity index (χ1v) is 9.86. The summed E-state index contributed by atoms with van der Waals surface area (Å²) in [5.74, 6) is 1.41. The Morgan fingerprint density at radius 3 is 2.44 bits per heavy atom. The van der Waals surface area contributed by atoms with E-state index < -0.39 is 6.10 Å². The van der Waals surface area contributed by atoms with Gasteiger partial charge in [0.25, 0.3) is 5.91 Å². The standard InChI is InChI=1S/C19H22N2O3S/c1-11(16(22)21-17-15(10-20)2-3-25-17)24-18(23)19-7-12-4-13(8-19)6-14(5-12)9-19/h2-3,11-14H,4-9H2,1H3,(H,21,22)/t11-,12?,13?,14?,19?/m0/s1. The number of nitrogens with zero attached hydrogens (tertiary/aromatic N) is 1. The topological polar surface area (TPSA) is 79.2 Å². The number of nitrogens with one attached hydrogen (secondary N) is 1. The molecule has 1 N–H and O–H groups in total. The number of nitriles is 1. The van der Waals surface area contributed by atoms with Gasteiger partial charge in [0.05, 0.1) is 11.0 Å². The average Bonchev–Trinajstić information content (AvgIpc) is 3.00. The molecule has 1 amide bonds. The average molecular weight is 358 g/mol. The Bertz CT molecular complexity index is 713. The maximum absolute atomic E-state index is 12.9. The fourth-order valence-electron chi connectivity index (χ4n) is 5.41. The van der Waals surface area contributed by atoms with Crippen molar-refractivity contribution in [1.29, 1.82) is 5.26 Å². The van der Waals surface area contributed by atoms with E-state index >= 15 is 0 Å². The second-order valence-corrected chi connectivity index (χ2v) is 8.93. The molecular weight excluding hydrogens is 336 g/mol. The number of amides is 1. The maximum Gasteiger partial charge on any atom is 0.312 e. The van der Waals surface area contributed by atoms with Crippen molar-refractivity contribution < 1.29 is 14.3 Å². The van der Waals surface area contributed by atoms with E-state index in [2.05, 4.69) is 5.32 Å². The number of anilines is 1. The minimum absolute atomic E-state index is 0.194. The third-order valence-corrected chi connectivity index (χ3v) is 6.98. The van der Waals surface area contributed by atoms with Crippen LogP contribution in [0.25, 0.3) is 0 Å². The summed E-state index contributed by atoms with van der Waals surface area (Å²) in [4.78, 5) is 25.2. The molecule has 1 aromatic rings. The highest BCUT2D eigenvalue weighted by Gasteiger charge is 2.55. The van der Waals surface area contributed by atoms with E-state index in [1.54, 1.807) is 18.4 Å². The second-order valence-electron chi connectivity index (χ2n) is 8.01. The number of esters is 1. The van der Waals surface area contributed by atoms with Gasteiger partial charge in [-0.15, -0.1) is 11.3 Å². The molecule has 1 atom stereocenters. The van der Waals surface area contributed by atoms with E-state index in [1.165, 1.54) is 30.6 Å². The maximum atomic E-state index is 12.9. The first-order chi connectivity index (χ1) is 12.0. The van der Waals surface area contributed by atoms with Gasteiger partial charge in [0.15, 0.2) is 6.10 Å². The Morgan fingerprint density at radius 1 is 1.28 bits per heavy atom. The smallest absolute Gasteiger partial charge is 0.312 e. The SMILES string of the molecule is C[C@H](OC(=O)C12CC3CC(CC(C3)C1)C2)C(=O)Nc1sccc1C#N. The van der Waals surface area contributed by atoms with E-state index in [4.69, 9.17) is 10.00 Å². The summed E-state index contributed by atoms with van der Waals surface area (Å²) in [7, 11) is 0. The van der Waals surface area contributed by atoms with Crippen molar-refractivity contribution in [3.63, 3.8) is 0 Å². The molecule has 132 valence electrons. The Labute approximate surface area is 151 Å². The summed E-state index contributed by atoms with van der Waals surface area (Å²) >= 11 is 1.29. The third kappa shape index (κ3) is 2.95. The molecule has 4 saturated carbocycles. The summed E-state index contributed by atoms with van der Waals surface area (Å²) in [5, 5.41) is 14.0. The normalized spacial score (nSPS) is 33.5. The molecule has 5 nitrogen and oxygen atoms in total. The van der Waals surface area contributed by atoms with E-state index in [-0.39, 0.29) is 17.3 Å². The fourth-order valence-corrected chi connectivity index (χ4v) is 6.15. The van der Waals surface area contributed by atoms with E-state index in [9.17, 15) is 9.59 Å². The van der Waals surface area contributed by atoms with Crippen molar-refractivity contribution in [2.45, 2.75) is 51.6 Å². The van der Waals surface area contributed by atoms with Crippen LogP contribution in [0.1, 0.15) is 51.0 Å². The molecular formula is C19H22N2O3S. The molecule has 0 saturated heterocycles. The van der Waals surface area contributed by atoms with Gasteiger partial charge in [-0.25, -0.2) is 0 Å². The molecule has 4 fully saturated rings. The number of ether oxygens (including phenoxy) is 1. The van der Waals surface area contributed by atoms with Crippen LogP contribution < -0.4 is 5.32 Å². The van der Waals surface area contributed by atoms with Crippen molar-refractivity contribution >= 4 is 28.2 Å². The van der Waals surface area contributed by atoms with Crippen molar-refractivity contribution in [2.75, 3.05) is 5.32 Å². The van der Waals surface area contributed by atoms with Gasteiger partial charge in [-0.05, 0) is 74.6 Å². The molecule has 0 radical (unpaired) electrons. The zero-order valence-electron chi connectivity index (χ0n) is 14.3. The molecule has 1 aromatic heterocycles. The molecule has 4 aliphatic rings. The molecule has 25 heavy (non-hydrogen) atoms. The summed E-state index contributed by atoms with van der Waals surface area (Å²) in [6, 6.07) is 3.70. The molecule has 0 aromatic carbocycles. The van der Waals surface area contributed by atoms with Crippen LogP contribution in [0.4, 0.5) is 5.00 Å². The lowest BCUT2D eigenvalue weighted by atomic mass is 9.49. The summed E-state index contributed by atoms with van der Waals surface area (Å²) < 4.78 is 5.59. The zero-order chi connectivity index (χ0) is 17.6. The van der Waals surface area contributed by atoms with Gasteiger partial charge in [-0.3, -0.25) is 9.59 Å². The van der Waals surface area contributed by atoms with Crippen molar-refractivity contribution in [2.24, 2.45) is 23.2 Å². The summed E-state index contributed by atoms with van der Waals surface area (Å²) in [6.45, 7) is 1.60. The lowest BCUT2D eigenvalue weighted by Crippen LogP contribution is -2.51. The van der Waals surface area contributed by atoms with Crippen molar-refractivity contribution in [3.05, 3.63) is 17.0 Å². The Morgan fingerprint density at radius 2 is 1.88 bits per heavy atom. The van der Waals surface area contributed by atoms with E-state index in [0.29, 0.717) is 28.3 Å². The first-order valence-electron chi connectivity index (χ1n) is 8.98. The van der Waals surface area contributed by atoms with Gasteiger partial charge in [0.1, 0.15) is 11.1 Å². The van der Waals surface area contributed by atoms with E-state index in [1.807, 2.05) is 6.07 Å². The van der Waals surface area contributed by atoms with Crippen LogP contribution >= 0.6 is 11.3 Å². The third-order valence-electron chi connectivity index (χ3n) is 6.15. The number of hydrogen-bond acceptors (Lipinski definition) is 5. The van der Waals surface area contributed by atoms with Crippen molar-refractivity contribution in [3.8, 4) is 6.07 Å². The quantitative estimate of drug-likeness (QED) is 0.832. The monoisotopic (exact) mass is 358 g/mol. The Hall–Kier alpha value is -1.87. The molecule has 1 heterocycles. The highest BCUT2D eigenvalue weighted by Crippen LogP contribution is 2.60. The number of thiophene rings is 1. The number of rotatable bonds is 4. The van der Waals surface area contributed by atoms with Crippen LogP contribution in [-0.2, 0) is 14.3 Å². The second kappa shape index (κ2) is 6.14. The Balaban J connectivity index is 1.41. The number of carbonyl (C=O) groups excluding carboxylic acids is 2. The number of hydrogen-bond donors (Lipinski definition) is 1. The summed E-state index contributed by atoms with van der Waals surface area (Å²) in [6.07, 6.45) is 5.71. The largest absolute Gasteiger partial charge is 0.452 e. The molecule has 0 aliphatic heterocycles. The summed E-state index contributed by atoms with van der Waals surface area (Å²) in [5.41, 5.74) is 0.0716. The molecule has 4 aliphatic carbocycles. The van der Waals surface area contributed by atoms with Crippen molar-refractivity contribution in [1.82, 2.24) is 0 Å². The molecule has 0 unspecified atom stereocenters. The highest BCUT2D eigenvalue weighted by molar-refractivity contribution is 7.14. The molecule has 6 heteroatoms. The van der Waals surface area contributed by atoms with Crippen LogP contribution in [0.3, 0.4) is 0 Å². The van der Waals surface area contributed by atoms with Crippen LogP contribution in [0.15, 0.2) is 11.4 Å². The van der Waals surface area contributed by atoms with Crippen LogP contribution in [0.5, 0.6) is 0 Å². The fraction of sp³-hybridized carbons (Fsp3) is 0.632. The van der Waals surface area contributed by atoms with Gasteiger partial charge < -0.3 is 10.1 Å². The van der Waals surface area contributed by atoms with Gasteiger partial charge in [-0.2, -0.15) is 5.26 Å². The minimum Gasteiger partial charge on any atom is -0.452 e. The van der Waals surface area contributed by atoms with Gasteiger partial charge in [-0.1, -0.05) is 0 Å². The highest BCUT2D eigenvalue weighted by atomic mass is 32.1.